The third kappa shape index (κ3) is 5.42. The van der Waals surface area contributed by atoms with Crippen molar-refractivity contribution in [3.8, 4) is 17.2 Å². The normalized spacial score (nSPS) is 10.5. The summed E-state index contributed by atoms with van der Waals surface area (Å²) in [6.45, 7) is 2.30. The number of hydrogen-bond donors (Lipinski definition) is 1. The highest BCUT2D eigenvalue weighted by atomic mass is 35.5. The van der Waals surface area contributed by atoms with Crippen molar-refractivity contribution in [2.24, 2.45) is 0 Å². The van der Waals surface area contributed by atoms with E-state index in [1.165, 1.54) is 0 Å². The maximum Gasteiger partial charge on any atom is 0.255 e. The molecule has 0 aliphatic heterocycles. The zero-order valence-electron chi connectivity index (χ0n) is 16.7. The molecule has 3 aromatic carbocycles. The van der Waals surface area contributed by atoms with Crippen LogP contribution in [0.2, 0.25) is 5.02 Å². The van der Waals surface area contributed by atoms with Crippen LogP contribution in [0.3, 0.4) is 0 Å². The maximum absolute atomic E-state index is 12.9. The first-order valence-corrected chi connectivity index (χ1v) is 10.8. The van der Waals surface area contributed by atoms with E-state index in [2.05, 4.69) is 10.3 Å². The van der Waals surface area contributed by atoms with Crippen LogP contribution in [0.1, 0.15) is 21.1 Å². The Balaban J connectivity index is 1.47. The quantitative estimate of drug-likeness (QED) is 0.339. The second-order valence-corrected chi connectivity index (χ2v) is 8.13. The predicted molar refractivity (Wildman–Crippen MR) is 124 cm³/mol. The van der Waals surface area contributed by atoms with Gasteiger partial charge < -0.3 is 14.8 Å². The standard InChI is InChI=1S/C24H19ClN2O3S/c1-16-26-18(15-31-16)14-29-19-8-6-7-17(13-19)24(28)27-21-10-3-5-12-23(21)30-22-11-4-2-9-20(22)25/h2-13,15H,14H2,1H3,(H,27,28). The Morgan fingerprint density at radius 3 is 2.58 bits per heavy atom. The average Bonchev–Trinajstić information content (AvgIpc) is 3.20. The zero-order valence-corrected chi connectivity index (χ0v) is 18.2. The highest BCUT2D eigenvalue weighted by Crippen LogP contribution is 2.33. The van der Waals surface area contributed by atoms with Gasteiger partial charge in [-0.2, -0.15) is 0 Å². The lowest BCUT2D eigenvalue weighted by atomic mass is 10.2. The number of rotatable bonds is 7. The van der Waals surface area contributed by atoms with Crippen molar-refractivity contribution >= 4 is 34.5 Å². The van der Waals surface area contributed by atoms with E-state index in [1.54, 1.807) is 53.8 Å². The smallest absolute Gasteiger partial charge is 0.255 e. The molecule has 0 saturated heterocycles. The summed E-state index contributed by atoms with van der Waals surface area (Å²) in [4.78, 5) is 17.2. The van der Waals surface area contributed by atoms with Gasteiger partial charge in [0.05, 0.1) is 21.4 Å². The van der Waals surface area contributed by atoms with Gasteiger partial charge in [-0.1, -0.05) is 41.9 Å². The van der Waals surface area contributed by atoms with E-state index in [0.717, 1.165) is 10.7 Å². The summed E-state index contributed by atoms with van der Waals surface area (Å²) in [5, 5.41) is 6.34. The van der Waals surface area contributed by atoms with Crippen molar-refractivity contribution in [2.75, 3.05) is 5.32 Å². The molecule has 0 radical (unpaired) electrons. The highest BCUT2D eigenvalue weighted by Gasteiger charge is 2.12. The molecule has 0 aliphatic carbocycles. The van der Waals surface area contributed by atoms with E-state index in [4.69, 9.17) is 21.1 Å². The summed E-state index contributed by atoms with van der Waals surface area (Å²) in [5.74, 6) is 1.33. The number of benzene rings is 3. The number of anilines is 1. The molecule has 0 unspecified atom stereocenters. The van der Waals surface area contributed by atoms with Crippen molar-refractivity contribution in [3.63, 3.8) is 0 Å². The fourth-order valence-electron chi connectivity index (χ4n) is 2.86. The number of ether oxygens (including phenoxy) is 2. The third-order valence-corrected chi connectivity index (χ3v) is 5.48. The molecule has 1 heterocycles. The second kappa shape index (κ2) is 9.64. The van der Waals surface area contributed by atoms with Crippen LogP contribution >= 0.6 is 22.9 Å². The molecule has 5 nitrogen and oxygen atoms in total. The van der Waals surface area contributed by atoms with Gasteiger partial charge in [0, 0.05) is 10.9 Å². The molecule has 31 heavy (non-hydrogen) atoms. The fourth-order valence-corrected chi connectivity index (χ4v) is 3.63. The van der Waals surface area contributed by atoms with Crippen molar-refractivity contribution in [1.29, 1.82) is 0 Å². The monoisotopic (exact) mass is 450 g/mol. The Bertz CT molecular complexity index is 1210. The van der Waals surface area contributed by atoms with Crippen LogP contribution < -0.4 is 14.8 Å². The van der Waals surface area contributed by atoms with Gasteiger partial charge in [-0.25, -0.2) is 4.98 Å². The van der Waals surface area contributed by atoms with Gasteiger partial charge in [-0.05, 0) is 49.4 Å². The third-order valence-electron chi connectivity index (χ3n) is 4.34. The first-order valence-electron chi connectivity index (χ1n) is 9.55. The van der Waals surface area contributed by atoms with Gasteiger partial charge in [0.25, 0.3) is 5.91 Å². The molecule has 1 aromatic heterocycles. The highest BCUT2D eigenvalue weighted by molar-refractivity contribution is 7.09. The summed E-state index contributed by atoms with van der Waals surface area (Å²) in [5.41, 5.74) is 1.87. The van der Waals surface area contributed by atoms with E-state index in [0.29, 0.717) is 40.1 Å². The minimum Gasteiger partial charge on any atom is -0.487 e. The minimum absolute atomic E-state index is 0.273. The van der Waals surface area contributed by atoms with Crippen molar-refractivity contribution < 1.29 is 14.3 Å². The lowest BCUT2D eigenvalue weighted by Crippen LogP contribution is -2.12. The summed E-state index contributed by atoms with van der Waals surface area (Å²) < 4.78 is 11.7. The summed E-state index contributed by atoms with van der Waals surface area (Å²) in [7, 11) is 0. The Morgan fingerprint density at radius 2 is 1.81 bits per heavy atom. The molecule has 7 heteroatoms. The van der Waals surface area contributed by atoms with Crippen molar-refractivity contribution in [1.82, 2.24) is 4.98 Å². The number of nitrogens with one attached hydrogen (secondary N) is 1. The molecule has 156 valence electrons. The number of hydrogen-bond acceptors (Lipinski definition) is 5. The Hall–Kier alpha value is -3.35. The van der Waals surface area contributed by atoms with Gasteiger partial charge in [-0.3, -0.25) is 4.79 Å². The van der Waals surface area contributed by atoms with Crippen LogP contribution in [0, 0.1) is 6.92 Å². The largest absolute Gasteiger partial charge is 0.487 e. The summed E-state index contributed by atoms with van der Waals surface area (Å²) in [6.07, 6.45) is 0. The molecule has 0 aliphatic rings. The van der Waals surface area contributed by atoms with Gasteiger partial charge in [0.15, 0.2) is 5.75 Å². The number of amides is 1. The van der Waals surface area contributed by atoms with Crippen molar-refractivity contribution in [3.05, 3.63) is 99.5 Å². The number of thiazole rings is 1. The molecule has 0 fully saturated rings. The maximum atomic E-state index is 12.9. The fraction of sp³-hybridized carbons (Fsp3) is 0.0833. The van der Waals surface area contributed by atoms with E-state index < -0.39 is 0 Å². The molecule has 0 atom stereocenters. The lowest BCUT2D eigenvalue weighted by Gasteiger charge is -2.13. The first kappa shape index (κ1) is 20.9. The van der Waals surface area contributed by atoms with Crippen molar-refractivity contribution in [2.45, 2.75) is 13.5 Å². The molecule has 0 bridgehead atoms. The Labute approximate surface area is 189 Å². The Morgan fingerprint density at radius 1 is 1.03 bits per heavy atom. The molecule has 4 aromatic rings. The molecule has 0 spiro atoms. The van der Waals surface area contributed by atoms with Gasteiger partial charge in [0.2, 0.25) is 0 Å². The average molecular weight is 451 g/mol. The number of aromatic nitrogens is 1. The number of para-hydroxylation sites is 3. The molecule has 1 N–H and O–H groups in total. The topological polar surface area (TPSA) is 60.5 Å². The van der Waals surface area contributed by atoms with Crippen LogP contribution in [0.4, 0.5) is 5.69 Å². The SMILES string of the molecule is Cc1nc(COc2cccc(C(=O)Nc3ccccc3Oc3ccccc3Cl)c2)cs1. The molecule has 1 amide bonds. The van der Waals surface area contributed by atoms with E-state index in [1.807, 2.05) is 42.6 Å². The van der Waals surface area contributed by atoms with E-state index in [9.17, 15) is 4.79 Å². The zero-order chi connectivity index (χ0) is 21.6. The van der Waals surface area contributed by atoms with Crippen LogP contribution in [0.25, 0.3) is 0 Å². The van der Waals surface area contributed by atoms with Crippen LogP contribution in [-0.4, -0.2) is 10.9 Å². The van der Waals surface area contributed by atoms with E-state index in [-0.39, 0.29) is 5.91 Å². The Kier molecular flexibility index (Phi) is 6.50. The first-order chi connectivity index (χ1) is 15.1. The minimum atomic E-state index is -0.273. The number of carbonyl (C=O) groups excluding carboxylic acids is 1. The summed E-state index contributed by atoms with van der Waals surface area (Å²) in [6, 6.07) is 21.4. The number of halogens is 1. The number of carbonyl (C=O) groups is 1. The molecule has 0 saturated carbocycles. The lowest BCUT2D eigenvalue weighted by molar-refractivity contribution is 0.102. The number of aryl methyl sites for hydroxylation is 1. The van der Waals surface area contributed by atoms with Gasteiger partial charge >= 0.3 is 0 Å². The summed E-state index contributed by atoms with van der Waals surface area (Å²) >= 11 is 7.77. The molecular formula is C24H19ClN2O3S. The van der Waals surface area contributed by atoms with Gasteiger partial charge in [-0.15, -0.1) is 11.3 Å². The predicted octanol–water partition coefficient (Wildman–Crippen LogP) is 6.73. The van der Waals surface area contributed by atoms with Crippen LogP contribution in [0.15, 0.2) is 78.2 Å². The number of nitrogens with zero attached hydrogens (tertiary/aromatic N) is 1. The van der Waals surface area contributed by atoms with E-state index >= 15 is 0 Å². The van der Waals surface area contributed by atoms with Gasteiger partial charge in [0.1, 0.15) is 18.1 Å². The van der Waals surface area contributed by atoms with Crippen LogP contribution in [0.5, 0.6) is 17.2 Å². The second-order valence-electron chi connectivity index (χ2n) is 6.66. The van der Waals surface area contributed by atoms with Crippen LogP contribution in [-0.2, 0) is 6.61 Å². The molecule has 4 rings (SSSR count). The molecular weight excluding hydrogens is 432 g/mol.